The Hall–Kier alpha value is -3.61. The average molecular weight is 418 g/mol. The van der Waals surface area contributed by atoms with E-state index >= 15 is 0 Å². The highest BCUT2D eigenvalue weighted by Crippen LogP contribution is 2.25. The number of hydrogen-bond acceptors (Lipinski definition) is 5. The van der Waals surface area contributed by atoms with Crippen LogP contribution in [0.3, 0.4) is 0 Å². The lowest BCUT2D eigenvalue weighted by molar-refractivity contribution is 0.208. The van der Waals surface area contributed by atoms with Gasteiger partial charge in [-0.15, -0.1) is 0 Å². The van der Waals surface area contributed by atoms with Crippen molar-refractivity contribution in [2.75, 3.05) is 43.0 Å². The van der Waals surface area contributed by atoms with Crippen LogP contribution in [0.5, 0.6) is 5.75 Å². The van der Waals surface area contributed by atoms with Gasteiger partial charge in [-0.05, 0) is 32.0 Å². The van der Waals surface area contributed by atoms with E-state index < -0.39 is 0 Å². The Bertz CT molecular complexity index is 1050. The van der Waals surface area contributed by atoms with E-state index in [0.29, 0.717) is 44.2 Å². The number of nitrogens with one attached hydrogen (secondary N) is 1. The summed E-state index contributed by atoms with van der Waals surface area (Å²) in [6, 6.07) is 17.7. The van der Waals surface area contributed by atoms with E-state index in [2.05, 4.69) is 45.3 Å². The first kappa shape index (κ1) is 20.7. The van der Waals surface area contributed by atoms with Crippen molar-refractivity contribution in [2.24, 2.45) is 0 Å². The van der Waals surface area contributed by atoms with Crippen LogP contribution in [0.1, 0.15) is 12.5 Å². The largest absolute Gasteiger partial charge is 0.492 e. The summed E-state index contributed by atoms with van der Waals surface area (Å²) in [7, 11) is 0. The first-order valence-electron chi connectivity index (χ1n) is 10.6. The topological polar surface area (TPSA) is 70.6 Å². The predicted octanol–water partition coefficient (Wildman–Crippen LogP) is 4.20. The van der Waals surface area contributed by atoms with Crippen molar-refractivity contribution in [3.8, 4) is 17.0 Å². The van der Waals surface area contributed by atoms with Crippen LogP contribution in [0.4, 0.5) is 16.3 Å². The summed E-state index contributed by atoms with van der Waals surface area (Å²) in [6.45, 7) is 7.21. The summed E-state index contributed by atoms with van der Waals surface area (Å²) in [6.07, 6.45) is 1.61. The van der Waals surface area contributed by atoms with Crippen LogP contribution in [0.2, 0.25) is 0 Å². The second-order valence-corrected chi connectivity index (χ2v) is 7.46. The van der Waals surface area contributed by atoms with Gasteiger partial charge in [-0.1, -0.05) is 35.9 Å². The second-order valence-electron chi connectivity index (χ2n) is 7.46. The molecule has 4 rings (SSSR count). The number of rotatable bonds is 5. The van der Waals surface area contributed by atoms with Gasteiger partial charge in [0.2, 0.25) is 0 Å². The predicted molar refractivity (Wildman–Crippen MR) is 123 cm³/mol. The highest BCUT2D eigenvalue weighted by Gasteiger charge is 2.23. The first-order valence-corrected chi connectivity index (χ1v) is 10.6. The zero-order valence-corrected chi connectivity index (χ0v) is 17.9. The molecule has 1 saturated heterocycles. The molecule has 160 valence electrons. The third kappa shape index (κ3) is 4.94. The van der Waals surface area contributed by atoms with Crippen molar-refractivity contribution >= 4 is 17.5 Å². The monoisotopic (exact) mass is 417 g/mol. The lowest BCUT2D eigenvalue weighted by Gasteiger charge is -2.35. The van der Waals surface area contributed by atoms with Crippen molar-refractivity contribution in [2.45, 2.75) is 13.8 Å². The lowest BCUT2D eigenvalue weighted by Crippen LogP contribution is -2.50. The highest BCUT2D eigenvalue weighted by molar-refractivity contribution is 5.91. The van der Waals surface area contributed by atoms with Crippen LogP contribution in [0.25, 0.3) is 11.3 Å². The summed E-state index contributed by atoms with van der Waals surface area (Å²) < 4.78 is 5.60. The van der Waals surface area contributed by atoms with E-state index in [9.17, 15) is 4.79 Å². The number of anilines is 2. The zero-order chi connectivity index (χ0) is 21.6. The second kappa shape index (κ2) is 9.47. The molecule has 1 aliphatic rings. The molecule has 7 nitrogen and oxygen atoms in total. The molecule has 2 amide bonds. The van der Waals surface area contributed by atoms with Gasteiger partial charge in [-0.3, -0.25) is 0 Å². The standard InChI is InChI=1S/C24H27N5O2/c1-3-31-22-10-5-4-9-20(22)27-24(30)29-13-11-28(12-14-29)23-16-21(25-17-26-23)19-8-6-7-18(2)15-19/h4-10,15-17H,3,11-14H2,1-2H3,(H,27,30). The number of hydrogen-bond donors (Lipinski definition) is 1. The molecule has 0 unspecified atom stereocenters. The normalized spacial score (nSPS) is 13.7. The van der Waals surface area contributed by atoms with E-state index in [1.165, 1.54) is 5.56 Å². The number of ether oxygens (including phenoxy) is 1. The molecule has 1 N–H and O–H groups in total. The van der Waals surface area contributed by atoms with E-state index in [1.54, 1.807) is 6.33 Å². The Morgan fingerprint density at radius 3 is 2.61 bits per heavy atom. The minimum absolute atomic E-state index is 0.116. The van der Waals surface area contributed by atoms with E-state index in [-0.39, 0.29) is 6.03 Å². The SMILES string of the molecule is CCOc1ccccc1NC(=O)N1CCN(c2cc(-c3cccc(C)c3)ncn2)CC1. The van der Waals surface area contributed by atoms with Crippen molar-refractivity contribution < 1.29 is 9.53 Å². The Balaban J connectivity index is 1.39. The number of carbonyl (C=O) groups excluding carboxylic acids is 1. The number of nitrogens with zero attached hydrogens (tertiary/aromatic N) is 4. The summed E-state index contributed by atoms with van der Waals surface area (Å²) >= 11 is 0. The Kier molecular flexibility index (Phi) is 6.31. The smallest absolute Gasteiger partial charge is 0.322 e. The van der Waals surface area contributed by atoms with Crippen molar-refractivity contribution in [3.05, 3.63) is 66.5 Å². The molecule has 7 heteroatoms. The molecular formula is C24H27N5O2. The molecule has 1 aliphatic heterocycles. The van der Waals surface area contributed by atoms with Crippen LogP contribution < -0.4 is 15.0 Å². The zero-order valence-electron chi connectivity index (χ0n) is 17.9. The molecule has 1 fully saturated rings. The highest BCUT2D eigenvalue weighted by atomic mass is 16.5. The molecule has 3 aromatic rings. The van der Waals surface area contributed by atoms with Gasteiger partial charge in [-0.2, -0.15) is 0 Å². The number of aromatic nitrogens is 2. The maximum Gasteiger partial charge on any atom is 0.322 e. The summed E-state index contributed by atoms with van der Waals surface area (Å²) in [5.74, 6) is 1.56. The molecule has 31 heavy (non-hydrogen) atoms. The van der Waals surface area contributed by atoms with Crippen LogP contribution in [-0.4, -0.2) is 53.7 Å². The molecule has 2 heterocycles. The van der Waals surface area contributed by atoms with E-state index in [4.69, 9.17) is 4.74 Å². The molecule has 0 aliphatic carbocycles. The van der Waals surface area contributed by atoms with E-state index in [1.807, 2.05) is 48.2 Å². The van der Waals surface area contributed by atoms with Gasteiger partial charge in [0.25, 0.3) is 0 Å². The Morgan fingerprint density at radius 1 is 1.03 bits per heavy atom. The number of para-hydroxylation sites is 2. The van der Waals surface area contributed by atoms with Gasteiger partial charge < -0.3 is 19.9 Å². The van der Waals surface area contributed by atoms with Gasteiger partial charge in [0, 0.05) is 37.8 Å². The molecule has 0 bridgehead atoms. The first-order chi connectivity index (χ1) is 15.1. The number of urea groups is 1. The maximum atomic E-state index is 12.8. The summed E-state index contributed by atoms with van der Waals surface area (Å²) in [5, 5.41) is 2.97. The number of carbonyl (C=O) groups is 1. The van der Waals surface area contributed by atoms with Crippen molar-refractivity contribution in [3.63, 3.8) is 0 Å². The van der Waals surface area contributed by atoms with Crippen LogP contribution in [-0.2, 0) is 0 Å². The van der Waals surface area contributed by atoms with Gasteiger partial charge in [0.05, 0.1) is 18.0 Å². The molecule has 0 atom stereocenters. The Labute approximate surface area is 182 Å². The molecular weight excluding hydrogens is 390 g/mol. The molecule has 0 radical (unpaired) electrons. The maximum absolute atomic E-state index is 12.8. The third-order valence-electron chi connectivity index (χ3n) is 5.29. The molecule has 0 saturated carbocycles. The quantitative estimate of drug-likeness (QED) is 0.674. The summed E-state index contributed by atoms with van der Waals surface area (Å²) in [5.41, 5.74) is 3.87. The molecule has 1 aromatic heterocycles. The minimum Gasteiger partial charge on any atom is -0.492 e. The van der Waals surface area contributed by atoms with Crippen LogP contribution in [0, 0.1) is 6.92 Å². The summed E-state index contributed by atoms with van der Waals surface area (Å²) in [4.78, 5) is 25.7. The Morgan fingerprint density at radius 2 is 1.84 bits per heavy atom. The lowest BCUT2D eigenvalue weighted by atomic mass is 10.1. The number of piperazine rings is 1. The fourth-order valence-corrected chi connectivity index (χ4v) is 3.67. The van der Waals surface area contributed by atoms with Gasteiger partial charge in [-0.25, -0.2) is 14.8 Å². The van der Waals surface area contributed by atoms with Gasteiger partial charge in [0.15, 0.2) is 0 Å². The van der Waals surface area contributed by atoms with E-state index in [0.717, 1.165) is 17.1 Å². The average Bonchev–Trinajstić information content (AvgIpc) is 2.81. The molecule has 2 aromatic carbocycles. The van der Waals surface area contributed by atoms with Crippen LogP contribution >= 0.6 is 0 Å². The third-order valence-corrected chi connectivity index (χ3v) is 5.29. The minimum atomic E-state index is -0.116. The van der Waals surface area contributed by atoms with Gasteiger partial charge >= 0.3 is 6.03 Å². The van der Waals surface area contributed by atoms with Crippen molar-refractivity contribution in [1.82, 2.24) is 14.9 Å². The number of benzene rings is 2. The fraction of sp³-hybridized carbons (Fsp3) is 0.292. The van der Waals surface area contributed by atoms with Gasteiger partial charge in [0.1, 0.15) is 17.9 Å². The number of amides is 2. The molecule has 0 spiro atoms. The van der Waals surface area contributed by atoms with Crippen LogP contribution in [0.15, 0.2) is 60.9 Å². The fourth-order valence-electron chi connectivity index (χ4n) is 3.67. The van der Waals surface area contributed by atoms with Crippen molar-refractivity contribution in [1.29, 1.82) is 0 Å². The number of aryl methyl sites for hydroxylation is 1.